The zero-order valence-electron chi connectivity index (χ0n) is 15.2. The van der Waals surface area contributed by atoms with E-state index in [1.54, 1.807) is 24.3 Å². The second kappa shape index (κ2) is 7.27. The molecule has 29 heavy (non-hydrogen) atoms. The molecule has 9 heteroatoms. The monoisotopic (exact) mass is 392 g/mol. The van der Waals surface area contributed by atoms with E-state index in [9.17, 15) is 24.0 Å². The Morgan fingerprint density at radius 2 is 1.90 bits per heavy atom. The van der Waals surface area contributed by atoms with Crippen LogP contribution in [0.4, 0.5) is 0 Å². The standard InChI is InChI=1S/C20H16N4O5/c25-16-7-6-15(18(27)23-16)24-19(28)12-5-4-11(9-13(12)20(24)29)10-22-17(26)14-3-1-2-8-21-14/h1-5,8-9,15H,6-7,10H2,(H,22,26)(H,23,25,27). The van der Waals surface area contributed by atoms with E-state index < -0.39 is 29.7 Å². The van der Waals surface area contributed by atoms with Gasteiger partial charge < -0.3 is 5.32 Å². The summed E-state index contributed by atoms with van der Waals surface area (Å²) in [6.07, 6.45) is 1.68. The van der Waals surface area contributed by atoms with Crippen molar-refractivity contribution >= 4 is 29.5 Å². The van der Waals surface area contributed by atoms with Gasteiger partial charge in [-0.2, -0.15) is 0 Å². The average molecular weight is 392 g/mol. The van der Waals surface area contributed by atoms with Gasteiger partial charge in [-0.25, -0.2) is 0 Å². The minimum atomic E-state index is -1.01. The van der Waals surface area contributed by atoms with Gasteiger partial charge in [0.05, 0.1) is 11.1 Å². The van der Waals surface area contributed by atoms with E-state index in [1.807, 2.05) is 0 Å². The smallest absolute Gasteiger partial charge is 0.270 e. The first-order valence-electron chi connectivity index (χ1n) is 8.99. The van der Waals surface area contributed by atoms with Crippen molar-refractivity contribution in [3.8, 4) is 0 Å². The molecule has 9 nitrogen and oxygen atoms in total. The largest absolute Gasteiger partial charge is 0.347 e. The Morgan fingerprint density at radius 3 is 2.62 bits per heavy atom. The van der Waals surface area contributed by atoms with Crippen LogP contribution in [0.2, 0.25) is 0 Å². The molecule has 2 aliphatic heterocycles. The van der Waals surface area contributed by atoms with Crippen molar-refractivity contribution in [1.82, 2.24) is 20.5 Å². The van der Waals surface area contributed by atoms with E-state index in [0.717, 1.165) is 4.90 Å². The molecule has 1 unspecified atom stereocenters. The summed E-state index contributed by atoms with van der Waals surface area (Å²) in [5.74, 6) is -2.59. The molecule has 1 atom stereocenters. The SMILES string of the molecule is O=C1CCC(N2C(=O)c3ccc(CNC(=O)c4ccccn4)cc3C2=O)C(=O)N1. The molecule has 4 rings (SSSR count). The third-order valence-electron chi connectivity index (χ3n) is 4.85. The molecule has 1 aromatic heterocycles. The van der Waals surface area contributed by atoms with Crippen molar-refractivity contribution in [2.45, 2.75) is 25.4 Å². The van der Waals surface area contributed by atoms with Crippen LogP contribution in [-0.2, 0) is 16.1 Å². The van der Waals surface area contributed by atoms with Crippen molar-refractivity contribution in [3.05, 3.63) is 65.0 Å². The number of carbonyl (C=O) groups excluding carboxylic acids is 5. The topological polar surface area (TPSA) is 126 Å². The zero-order chi connectivity index (χ0) is 20.5. The predicted molar refractivity (Wildman–Crippen MR) is 98.5 cm³/mol. The molecule has 2 aliphatic rings. The van der Waals surface area contributed by atoms with Gasteiger partial charge in [0.15, 0.2) is 0 Å². The number of amides is 5. The van der Waals surface area contributed by atoms with Crippen LogP contribution in [0.1, 0.15) is 49.6 Å². The summed E-state index contributed by atoms with van der Waals surface area (Å²) >= 11 is 0. The van der Waals surface area contributed by atoms with Gasteiger partial charge in [0.1, 0.15) is 11.7 Å². The molecular weight excluding hydrogens is 376 g/mol. The summed E-state index contributed by atoms with van der Waals surface area (Å²) in [5, 5.41) is 4.86. The van der Waals surface area contributed by atoms with Crippen LogP contribution in [-0.4, -0.2) is 45.5 Å². The van der Waals surface area contributed by atoms with Gasteiger partial charge in [0.25, 0.3) is 17.7 Å². The quantitative estimate of drug-likeness (QED) is 0.726. The number of piperidine rings is 1. The normalized spacial score (nSPS) is 18.5. The van der Waals surface area contributed by atoms with Gasteiger partial charge in [0, 0.05) is 19.2 Å². The highest BCUT2D eigenvalue weighted by molar-refractivity contribution is 6.23. The summed E-state index contributed by atoms with van der Waals surface area (Å²) in [6, 6.07) is 8.64. The van der Waals surface area contributed by atoms with Crippen molar-refractivity contribution in [2.75, 3.05) is 0 Å². The lowest BCUT2D eigenvalue weighted by atomic mass is 10.0. The van der Waals surface area contributed by atoms with E-state index in [0.29, 0.717) is 5.56 Å². The number of imide groups is 2. The molecule has 2 aromatic rings. The lowest BCUT2D eigenvalue weighted by Crippen LogP contribution is -2.54. The molecule has 1 fully saturated rings. The van der Waals surface area contributed by atoms with Crippen LogP contribution in [0.5, 0.6) is 0 Å². The fourth-order valence-electron chi connectivity index (χ4n) is 3.40. The van der Waals surface area contributed by atoms with Gasteiger partial charge in [-0.1, -0.05) is 12.1 Å². The van der Waals surface area contributed by atoms with Gasteiger partial charge in [-0.15, -0.1) is 0 Å². The van der Waals surface area contributed by atoms with Crippen molar-refractivity contribution < 1.29 is 24.0 Å². The van der Waals surface area contributed by atoms with Crippen LogP contribution in [0.25, 0.3) is 0 Å². The predicted octanol–water partition coefficient (Wildman–Crippen LogP) is 0.413. The van der Waals surface area contributed by atoms with Crippen molar-refractivity contribution in [1.29, 1.82) is 0 Å². The molecule has 1 saturated heterocycles. The zero-order valence-corrected chi connectivity index (χ0v) is 15.2. The Labute approximate surface area is 165 Å². The van der Waals surface area contributed by atoms with E-state index in [1.165, 1.54) is 18.3 Å². The van der Waals surface area contributed by atoms with Crippen molar-refractivity contribution in [2.24, 2.45) is 0 Å². The molecule has 0 radical (unpaired) electrons. The van der Waals surface area contributed by atoms with Gasteiger partial charge >= 0.3 is 0 Å². The van der Waals surface area contributed by atoms with Crippen LogP contribution < -0.4 is 10.6 Å². The van der Waals surface area contributed by atoms with E-state index in [4.69, 9.17) is 0 Å². The Hall–Kier alpha value is -3.88. The highest BCUT2D eigenvalue weighted by Crippen LogP contribution is 2.28. The number of pyridine rings is 1. The molecule has 3 heterocycles. The van der Waals surface area contributed by atoms with Crippen molar-refractivity contribution in [3.63, 3.8) is 0 Å². The maximum atomic E-state index is 12.8. The number of carbonyl (C=O) groups is 5. The average Bonchev–Trinajstić information content (AvgIpc) is 2.97. The summed E-state index contributed by atoms with van der Waals surface area (Å²) < 4.78 is 0. The molecule has 0 bridgehead atoms. The molecule has 0 aliphatic carbocycles. The first-order valence-corrected chi connectivity index (χ1v) is 8.99. The fraction of sp³-hybridized carbons (Fsp3) is 0.200. The molecule has 146 valence electrons. The second-order valence-corrected chi connectivity index (χ2v) is 6.72. The van der Waals surface area contributed by atoms with E-state index in [-0.39, 0.29) is 42.1 Å². The molecule has 0 saturated carbocycles. The van der Waals surface area contributed by atoms with E-state index >= 15 is 0 Å². The molecular formula is C20H16N4O5. The lowest BCUT2D eigenvalue weighted by Gasteiger charge is -2.27. The van der Waals surface area contributed by atoms with Gasteiger partial charge in [0.2, 0.25) is 11.8 Å². The number of aromatic nitrogens is 1. The van der Waals surface area contributed by atoms with Gasteiger partial charge in [-0.3, -0.25) is 39.2 Å². The van der Waals surface area contributed by atoms with Crippen LogP contribution in [0.3, 0.4) is 0 Å². The van der Waals surface area contributed by atoms with Crippen LogP contribution in [0, 0.1) is 0 Å². The van der Waals surface area contributed by atoms with Gasteiger partial charge in [-0.05, 0) is 36.2 Å². The number of nitrogens with one attached hydrogen (secondary N) is 2. The summed E-state index contributed by atoms with van der Waals surface area (Å²) in [4.78, 5) is 65.8. The number of fused-ring (bicyclic) bond motifs is 1. The number of nitrogens with zero attached hydrogens (tertiary/aromatic N) is 2. The Balaban J connectivity index is 1.50. The highest BCUT2D eigenvalue weighted by Gasteiger charge is 2.44. The first kappa shape index (κ1) is 18.5. The van der Waals surface area contributed by atoms with Crippen LogP contribution in [0.15, 0.2) is 42.6 Å². The first-order chi connectivity index (χ1) is 14.0. The third-order valence-corrected chi connectivity index (χ3v) is 4.85. The fourth-order valence-corrected chi connectivity index (χ4v) is 3.40. The lowest BCUT2D eigenvalue weighted by molar-refractivity contribution is -0.136. The Kier molecular flexibility index (Phi) is 4.63. The number of rotatable bonds is 4. The van der Waals surface area contributed by atoms with E-state index in [2.05, 4.69) is 15.6 Å². The summed E-state index contributed by atoms with van der Waals surface area (Å²) in [7, 11) is 0. The molecule has 5 amide bonds. The number of hydrogen-bond donors (Lipinski definition) is 2. The maximum absolute atomic E-state index is 12.8. The summed E-state index contributed by atoms with van der Waals surface area (Å²) in [5.41, 5.74) is 1.26. The molecule has 2 N–H and O–H groups in total. The highest BCUT2D eigenvalue weighted by atomic mass is 16.2. The minimum absolute atomic E-state index is 0.0641. The second-order valence-electron chi connectivity index (χ2n) is 6.72. The minimum Gasteiger partial charge on any atom is -0.347 e. The third kappa shape index (κ3) is 3.38. The number of hydrogen-bond acceptors (Lipinski definition) is 6. The Morgan fingerprint density at radius 1 is 1.10 bits per heavy atom. The Bertz CT molecular complexity index is 1050. The maximum Gasteiger partial charge on any atom is 0.270 e. The van der Waals surface area contributed by atoms with Crippen LogP contribution >= 0.6 is 0 Å². The summed E-state index contributed by atoms with van der Waals surface area (Å²) in [6.45, 7) is 0.141. The molecule has 0 spiro atoms. The molecule has 1 aromatic carbocycles. The number of benzene rings is 1.